The number of fused-ring (bicyclic) bond motifs is 2. The first-order valence-electron chi connectivity index (χ1n) is 8.90. The third-order valence-electron chi connectivity index (χ3n) is 4.58. The highest BCUT2D eigenvalue weighted by Gasteiger charge is 2.37. The lowest BCUT2D eigenvalue weighted by molar-refractivity contribution is -0.127. The number of carbonyl (C=O) groups excluding carboxylic acids is 1. The van der Waals surface area contributed by atoms with Crippen LogP contribution in [-0.4, -0.2) is 47.2 Å². The minimum Gasteiger partial charge on any atom is -0.490 e. The molecule has 0 fully saturated rings. The summed E-state index contributed by atoms with van der Waals surface area (Å²) in [6, 6.07) is 11.3. The van der Waals surface area contributed by atoms with Crippen LogP contribution >= 0.6 is 0 Å². The summed E-state index contributed by atoms with van der Waals surface area (Å²) < 4.78 is 44.9. The van der Waals surface area contributed by atoms with Crippen LogP contribution in [0.2, 0.25) is 0 Å². The maximum atomic E-state index is 13.4. The summed E-state index contributed by atoms with van der Waals surface area (Å²) in [6.45, 7) is 0.840. The number of benzene rings is 2. The molecular formula is C19H20N2O6S. The van der Waals surface area contributed by atoms with Crippen molar-refractivity contribution in [3.63, 3.8) is 0 Å². The first-order chi connectivity index (χ1) is 13.5. The van der Waals surface area contributed by atoms with Crippen molar-refractivity contribution < 1.29 is 27.4 Å². The Morgan fingerprint density at radius 2 is 1.82 bits per heavy atom. The zero-order valence-corrected chi connectivity index (χ0v) is 16.1. The lowest BCUT2D eigenvalue weighted by atomic mass is 10.2. The summed E-state index contributed by atoms with van der Waals surface area (Å²) in [5.41, 5.74) is 0.384. The van der Waals surface area contributed by atoms with E-state index < -0.39 is 22.0 Å². The molecular weight excluding hydrogens is 384 g/mol. The molecule has 4 rings (SSSR count). The molecule has 0 aromatic heterocycles. The SMILES string of the molecule is CNC(=O)[C@H]1CN(S(=O)(=O)c2ccc3c(c2)OCCCO3)c2ccccc2O1. The molecule has 2 aromatic carbocycles. The highest BCUT2D eigenvalue weighted by Crippen LogP contribution is 2.39. The number of rotatable bonds is 3. The number of ether oxygens (including phenoxy) is 3. The summed E-state index contributed by atoms with van der Waals surface area (Å²) in [7, 11) is -2.48. The summed E-state index contributed by atoms with van der Waals surface area (Å²) in [5.74, 6) is 0.846. The number of carbonyl (C=O) groups is 1. The largest absolute Gasteiger partial charge is 0.490 e. The van der Waals surface area contributed by atoms with Crippen molar-refractivity contribution in [1.82, 2.24) is 5.32 Å². The van der Waals surface area contributed by atoms with Gasteiger partial charge in [-0.05, 0) is 24.3 Å². The monoisotopic (exact) mass is 404 g/mol. The lowest BCUT2D eigenvalue weighted by Crippen LogP contribution is -2.50. The number of likely N-dealkylation sites (N-methyl/N-ethyl adjacent to an activating group) is 1. The molecule has 1 N–H and O–H groups in total. The number of nitrogens with one attached hydrogen (secondary N) is 1. The fraction of sp³-hybridized carbons (Fsp3) is 0.316. The highest BCUT2D eigenvalue weighted by atomic mass is 32.2. The van der Waals surface area contributed by atoms with Crippen LogP contribution in [0, 0.1) is 0 Å². The molecule has 1 atom stereocenters. The summed E-state index contributed by atoms with van der Waals surface area (Å²) >= 11 is 0. The Morgan fingerprint density at radius 3 is 2.61 bits per heavy atom. The molecule has 0 spiro atoms. The maximum Gasteiger partial charge on any atom is 0.264 e. The number of nitrogens with zero attached hydrogens (tertiary/aromatic N) is 1. The number of para-hydroxylation sites is 2. The van der Waals surface area contributed by atoms with Crippen LogP contribution in [0.4, 0.5) is 5.69 Å². The van der Waals surface area contributed by atoms with Gasteiger partial charge in [0.1, 0.15) is 5.75 Å². The van der Waals surface area contributed by atoms with E-state index in [2.05, 4.69) is 5.32 Å². The van der Waals surface area contributed by atoms with Gasteiger partial charge in [0, 0.05) is 19.5 Å². The molecule has 0 saturated heterocycles. The van der Waals surface area contributed by atoms with Gasteiger partial charge in [-0.15, -0.1) is 0 Å². The Hall–Kier alpha value is -2.94. The van der Waals surface area contributed by atoms with E-state index in [9.17, 15) is 13.2 Å². The van der Waals surface area contributed by atoms with E-state index in [0.717, 1.165) is 6.42 Å². The molecule has 0 unspecified atom stereocenters. The van der Waals surface area contributed by atoms with Crippen LogP contribution in [0.25, 0.3) is 0 Å². The van der Waals surface area contributed by atoms with Gasteiger partial charge in [0.05, 0.1) is 30.3 Å². The topological polar surface area (TPSA) is 94.2 Å². The maximum absolute atomic E-state index is 13.4. The molecule has 1 amide bonds. The average molecular weight is 404 g/mol. The van der Waals surface area contributed by atoms with Crippen LogP contribution in [0.1, 0.15) is 6.42 Å². The summed E-state index contributed by atoms with van der Waals surface area (Å²) in [5, 5.41) is 2.50. The molecule has 0 bridgehead atoms. The average Bonchev–Trinajstić information content (AvgIpc) is 2.97. The molecule has 0 aliphatic carbocycles. The van der Waals surface area contributed by atoms with E-state index >= 15 is 0 Å². The van der Waals surface area contributed by atoms with Gasteiger partial charge in [-0.25, -0.2) is 8.42 Å². The van der Waals surface area contributed by atoms with Crippen molar-refractivity contribution in [3.8, 4) is 17.2 Å². The van der Waals surface area contributed by atoms with Gasteiger partial charge in [-0.3, -0.25) is 9.10 Å². The van der Waals surface area contributed by atoms with Crippen molar-refractivity contribution >= 4 is 21.6 Å². The number of hydrogen-bond donors (Lipinski definition) is 1. The Kier molecular flexibility index (Phi) is 4.76. The highest BCUT2D eigenvalue weighted by molar-refractivity contribution is 7.92. The number of amides is 1. The van der Waals surface area contributed by atoms with E-state index in [4.69, 9.17) is 14.2 Å². The number of sulfonamides is 1. The minimum absolute atomic E-state index is 0.0594. The molecule has 9 heteroatoms. The Labute approximate surface area is 163 Å². The molecule has 0 saturated carbocycles. The van der Waals surface area contributed by atoms with Crippen LogP contribution in [0.3, 0.4) is 0 Å². The second-order valence-corrected chi connectivity index (χ2v) is 8.25. The van der Waals surface area contributed by atoms with E-state index in [-0.39, 0.29) is 11.4 Å². The molecule has 2 heterocycles. The molecule has 2 aliphatic rings. The van der Waals surface area contributed by atoms with Crippen molar-refractivity contribution in [1.29, 1.82) is 0 Å². The first-order valence-corrected chi connectivity index (χ1v) is 10.3. The van der Waals surface area contributed by atoms with E-state index in [1.807, 2.05) is 0 Å². The Bertz CT molecular complexity index is 1010. The van der Waals surface area contributed by atoms with E-state index in [0.29, 0.717) is 36.1 Å². The molecule has 8 nitrogen and oxygen atoms in total. The van der Waals surface area contributed by atoms with Gasteiger partial charge in [0.2, 0.25) is 0 Å². The third kappa shape index (κ3) is 3.22. The molecule has 2 aliphatic heterocycles. The van der Waals surface area contributed by atoms with Gasteiger partial charge < -0.3 is 19.5 Å². The Balaban J connectivity index is 1.76. The second-order valence-electron chi connectivity index (χ2n) is 6.38. The van der Waals surface area contributed by atoms with Crippen LogP contribution in [0.5, 0.6) is 17.2 Å². The van der Waals surface area contributed by atoms with E-state index in [1.54, 1.807) is 30.3 Å². The van der Waals surface area contributed by atoms with Gasteiger partial charge in [-0.2, -0.15) is 0 Å². The zero-order chi connectivity index (χ0) is 19.7. The predicted molar refractivity (Wildman–Crippen MR) is 102 cm³/mol. The minimum atomic E-state index is -3.96. The van der Waals surface area contributed by atoms with E-state index in [1.165, 1.54) is 23.5 Å². The molecule has 0 radical (unpaired) electrons. The normalized spacial score (nSPS) is 18.5. The van der Waals surface area contributed by atoms with Gasteiger partial charge in [0.25, 0.3) is 15.9 Å². The van der Waals surface area contributed by atoms with Crippen LogP contribution < -0.4 is 23.8 Å². The number of hydrogen-bond acceptors (Lipinski definition) is 6. The fourth-order valence-corrected chi connectivity index (χ4v) is 4.65. The molecule has 148 valence electrons. The zero-order valence-electron chi connectivity index (χ0n) is 15.3. The number of anilines is 1. The van der Waals surface area contributed by atoms with Gasteiger partial charge in [0.15, 0.2) is 17.6 Å². The lowest BCUT2D eigenvalue weighted by Gasteiger charge is -2.34. The van der Waals surface area contributed by atoms with Crippen molar-refractivity contribution in [3.05, 3.63) is 42.5 Å². The van der Waals surface area contributed by atoms with Gasteiger partial charge in [-0.1, -0.05) is 12.1 Å². The second kappa shape index (κ2) is 7.23. The van der Waals surface area contributed by atoms with Crippen LogP contribution in [-0.2, 0) is 14.8 Å². The summed E-state index contributed by atoms with van der Waals surface area (Å²) in [6.07, 6.45) is -0.225. The van der Waals surface area contributed by atoms with Crippen LogP contribution in [0.15, 0.2) is 47.4 Å². The van der Waals surface area contributed by atoms with Crippen molar-refractivity contribution in [2.45, 2.75) is 17.4 Å². The molecule has 2 aromatic rings. The molecule has 28 heavy (non-hydrogen) atoms. The smallest absolute Gasteiger partial charge is 0.264 e. The quantitative estimate of drug-likeness (QED) is 0.834. The standard InChI is InChI=1S/C19H20N2O6S/c1-20-19(22)18-12-21(14-5-2-3-6-15(14)27-18)28(23,24)13-7-8-16-17(11-13)26-10-4-9-25-16/h2-3,5-8,11,18H,4,9-10,12H2,1H3,(H,20,22)/t18-/m1/s1. The Morgan fingerprint density at radius 1 is 1.07 bits per heavy atom. The third-order valence-corrected chi connectivity index (χ3v) is 6.36. The fourth-order valence-electron chi connectivity index (χ4n) is 3.16. The first kappa shape index (κ1) is 18.4. The van der Waals surface area contributed by atoms with Gasteiger partial charge >= 0.3 is 0 Å². The van der Waals surface area contributed by atoms with Crippen molar-refractivity contribution in [2.75, 3.05) is 31.1 Å². The summed E-state index contributed by atoms with van der Waals surface area (Å²) in [4.78, 5) is 12.2. The predicted octanol–water partition coefficient (Wildman–Crippen LogP) is 1.55. The van der Waals surface area contributed by atoms with Crippen molar-refractivity contribution in [2.24, 2.45) is 0 Å².